The molecule has 0 radical (unpaired) electrons. The van der Waals surface area contributed by atoms with Crippen molar-refractivity contribution in [2.75, 3.05) is 6.61 Å². The Morgan fingerprint density at radius 1 is 1.43 bits per heavy atom. The summed E-state index contributed by atoms with van der Waals surface area (Å²) in [6.07, 6.45) is -0.963. The van der Waals surface area contributed by atoms with Gasteiger partial charge in [-0.1, -0.05) is 0 Å². The van der Waals surface area contributed by atoms with Crippen molar-refractivity contribution in [3.63, 3.8) is 0 Å². The highest BCUT2D eigenvalue weighted by Gasteiger charge is 2.28. The number of hydroxylamine groups is 1. The maximum atomic E-state index is 10.7. The molecular weight excluding hydrogens is 190 g/mol. The molecule has 0 aliphatic carbocycles. The van der Waals surface area contributed by atoms with Gasteiger partial charge in [0.15, 0.2) is 0 Å². The van der Waals surface area contributed by atoms with Crippen molar-refractivity contribution in [2.45, 2.75) is 37.6 Å². The number of ether oxygens (including phenoxy) is 1. The van der Waals surface area contributed by atoms with Crippen molar-refractivity contribution in [3.05, 3.63) is 0 Å². The fourth-order valence-electron chi connectivity index (χ4n) is 1.39. The quantitative estimate of drug-likeness (QED) is 0.342. The molecule has 0 saturated carbocycles. The standard InChI is InChI=1S/C8H15NO5/c10-6-3-5(14-4-7(6)11)1-2-8(12)9-13/h5-7,10-11,13H,1-4H2,(H,9,12). The molecule has 6 heteroatoms. The third-order valence-corrected chi connectivity index (χ3v) is 2.27. The summed E-state index contributed by atoms with van der Waals surface area (Å²) in [5.41, 5.74) is 1.52. The van der Waals surface area contributed by atoms with Gasteiger partial charge in [-0.15, -0.1) is 0 Å². The van der Waals surface area contributed by atoms with Crippen LogP contribution >= 0.6 is 0 Å². The van der Waals surface area contributed by atoms with Crippen LogP contribution in [0.25, 0.3) is 0 Å². The SMILES string of the molecule is O=C(CCC1CC(O)C(O)CO1)NO. The van der Waals surface area contributed by atoms with Crippen LogP contribution in [0.15, 0.2) is 0 Å². The molecule has 3 unspecified atom stereocenters. The second-order valence-electron chi connectivity index (χ2n) is 3.40. The van der Waals surface area contributed by atoms with Crippen LogP contribution in [0.1, 0.15) is 19.3 Å². The molecule has 14 heavy (non-hydrogen) atoms. The third kappa shape index (κ3) is 3.22. The summed E-state index contributed by atoms with van der Waals surface area (Å²) < 4.78 is 5.18. The summed E-state index contributed by atoms with van der Waals surface area (Å²) in [4.78, 5) is 10.7. The number of carbonyl (C=O) groups is 1. The average Bonchev–Trinajstić information content (AvgIpc) is 2.19. The second kappa shape index (κ2) is 5.26. The monoisotopic (exact) mass is 205 g/mol. The van der Waals surface area contributed by atoms with E-state index in [1.165, 1.54) is 5.48 Å². The fourth-order valence-corrected chi connectivity index (χ4v) is 1.39. The molecule has 1 amide bonds. The Bertz CT molecular complexity index is 198. The Morgan fingerprint density at radius 3 is 2.71 bits per heavy atom. The maximum absolute atomic E-state index is 10.7. The minimum atomic E-state index is -0.835. The number of hydrogen-bond acceptors (Lipinski definition) is 5. The zero-order valence-corrected chi connectivity index (χ0v) is 7.72. The largest absolute Gasteiger partial charge is 0.390 e. The molecule has 0 aromatic heterocycles. The van der Waals surface area contributed by atoms with Crippen LogP contribution < -0.4 is 5.48 Å². The van der Waals surface area contributed by atoms with E-state index in [1.54, 1.807) is 0 Å². The molecule has 1 heterocycles. The molecule has 0 aromatic rings. The van der Waals surface area contributed by atoms with Crippen LogP contribution in [0.5, 0.6) is 0 Å². The van der Waals surface area contributed by atoms with E-state index in [9.17, 15) is 9.90 Å². The van der Waals surface area contributed by atoms with Gasteiger partial charge in [-0.2, -0.15) is 0 Å². The topological polar surface area (TPSA) is 99.0 Å². The number of nitrogens with one attached hydrogen (secondary N) is 1. The summed E-state index contributed by atoms with van der Waals surface area (Å²) in [5, 5.41) is 26.6. The summed E-state index contributed by atoms with van der Waals surface area (Å²) >= 11 is 0. The van der Waals surface area contributed by atoms with Crippen LogP contribution in [0, 0.1) is 0 Å². The fraction of sp³-hybridized carbons (Fsp3) is 0.875. The van der Waals surface area contributed by atoms with Crippen LogP contribution in [0.3, 0.4) is 0 Å². The number of aliphatic hydroxyl groups excluding tert-OH is 2. The normalized spacial score (nSPS) is 32.6. The predicted molar refractivity (Wildman–Crippen MR) is 45.5 cm³/mol. The van der Waals surface area contributed by atoms with Crippen molar-refractivity contribution >= 4 is 5.91 Å². The van der Waals surface area contributed by atoms with E-state index in [0.717, 1.165) is 0 Å². The highest BCUT2D eigenvalue weighted by Crippen LogP contribution is 2.18. The van der Waals surface area contributed by atoms with Crippen molar-refractivity contribution in [2.24, 2.45) is 0 Å². The lowest BCUT2D eigenvalue weighted by Gasteiger charge is -2.30. The van der Waals surface area contributed by atoms with E-state index < -0.39 is 18.1 Å². The summed E-state index contributed by atoms with van der Waals surface area (Å²) in [5.74, 6) is -0.478. The molecule has 1 aliphatic heterocycles. The molecule has 3 atom stereocenters. The molecule has 6 nitrogen and oxygen atoms in total. The van der Waals surface area contributed by atoms with E-state index in [1.807, 2.05) is 0 Å². The summed E-state index contributed by atoms with van der Waals surface area (Å²) in [7, 11) is 0. The predicted octanol–water partition coefficient (Wildman–Crippen LogP) is -1.22. The Morgan fingerprint density at radius 2 is 2.14 bits per heavy atom. The lowest BCUT2D eigenvalue weighted by molar-refractivity contribution is -0.135. The van der Waals surface area contributed by atoms with Crippen LogP contribution in [-0.4, -0.2) is 46.2 Å². The number of carbonyl (C=O) groups excluding carboxylic acids is 1. The summed E-state index contributed by atoms with van der Waals surface area (Å²) in [6, 6.07) is 0. The first-order chi connectivity index (χ1) is 6.63. The Balaban J connectivity index is 2.23. The molecule has 0 aromatic carbocycles. The van der Waals surface area contributed by atoms with Gasteiger partial charge in [-0.25, -0.2) is 5.48 Å². The molecule has 1 rings (SSSR count). The highest BCUT2D eigenvalue weighted by atomic mass is 16.5. The lowest BCUT2D eigenvalue weighted by Crippen LogP contribution is -2.41. The number of aliphatic hydroxyl groups is 2. The van der Waals surface area contributed by atoms with Gasteiger partial charge in [-0.05, 0) is 6.42 Å². The molecule has 82 valence electrons. The second-order valence-corrected chi connectivity index (χ2v) is 3.40. The van der Waals surface area contributed by atoms with E-state index in [-0.39, 0.29) is 19.1 Å². The molecular formula is C8H15NO5. The molecule has 1 saturated heterocycles. The van der Waals surface area contributed by atoms with E-state index >= 15 is 0 Å². The van der Waals surface area contributed by atoms with Gasteiger partial charge < -0.3 is 14.9 Å². The Hall–Kier alpha value is -0.690. The van der Waals surface area contributed by atoms with Crippen LogP contribution in [-0.2, 0) is 9.53 Å². The van der Waals surface area contributed by atoms with E-state index in [4.69, 9.17) is 15.1 Å². The molecule has 0 bridgehead atoms. The zero-order valence-electron chi connectivity index (χ0n) is 7.72. The lowest BCUT2D eigenvalue weighted by atomic mass is 10.0. The minimum Gasteiger partial charge on any atom is -0.390 e. The molecule has 1 aliphatic rings. The smallest absolute Gasteiger partial charge is 0.243 e. The van der Waals surface area contributed by atoms with E-state index in [0.29, 0.717) is 12.8 Å². The minimum absolute atomic E-state index is 0.0899. The molecule has 0 spiro atoms. The number of amides is 1. The third-order valence-electron chi connectivity index (χ3n) is 2.27. The van der Waals surface area contributed by atoms with E-state index in [2.05, 4.69) is 0 Å². The zero-order chi connectivity index (χ0) is 10.6. The van der Waals surface area contributed by atoms with Gasteiger partial charge in [0.1, 0.15) is 6.10 Å². The van der Waals surface area contributed by atoms with Crippen molar-refractivity contribution in [1.29, 1.82) is 0 Å². The van der Waals surface area contributed by atoms with Crippen LogP contribution in [0.2, 0.25) is 0 Å². The Kier molecular flexibility index (Phi) is 4.27. The Labute approximate surface area is 81.4 Å². The number of rotatable bonds is 3. The van der Waals surface area contributed by atoms with Gasteiger partial charge >= 0.3 is 0 Å². The van der Waals surface area contributed by atoms with Crippen molar-refractivity contribution < 1.29 is 25.0 Å². The number of hydrogen-bond donors (Lipinski definition) is 4. The van der Waals surface area contributed by atoms with Crippen LogP contribution in [0.4, 0.5) is 0 Å². The van der Waals surface area contributed by atoms with Crippen molar-refractivity contribution in [3.8, 4) is 0 Å². The van der Waals surface area contributed by atoms with Gasteiger partial charge in [0.05, 0.1) is 18.8 Å². The molecule has 4 N–H and O–H groups in total. The first-order valence-corrected chi connectivity index (χ1v) is 4.54. The van der Waals surface area contributed by atoms with Gasteiger partial charge in [0, 0.05) is 12.8 Å². The first-order valence-electron chi connectivity index (χ1n) is 4.54. The van der Waals surface area contributed by atoms with Gasteiger partial charge in [0.25, 0.3) is 0 Å². The van der Waals surface area contributed by atoms with Gasteiger partial charge in [-0.3, -0.25) is 10.0 Å². The molecule has 1 fully saturated rings. The van der Waals surface area contributed by atoms with Crippen molar-refractivity contribution in [1.82, 2.24) is 5.48 Å². The first kappa shape index (κ1) is 11.4. The van der Waals surface area contributed by atoms with Gasteiger partial charge in [0.2, 0.25) is 5.91 Å². The average molecular weight is 205 g/mol. The maximum Gasteiger partial charge on any atom is 0.243 e. The summed E-state index contributed by atoms with van der Waals surface area (Å²) in [6.45, 7) is 0.0899. The highest BCUT2D eigenvalue weighted by molar-refractivity contribution is 5.74.